The number of nitrogens with zero attached hydrogens (tertiary/aromatic N) is 1. The number of amides is 1. The monoisotopic (exact) mass is 401 g/mol. The molecule has 0 aliphatic carbocycles. The van der Waals surface area contributed by atoms with Gasteiger partial charge < -0.3 is 10.1 Å². The molecule has 7 nitrogen and oxygen atoms in total. The molecule has 0 radical (unpaired) electrons. The lowest BCUT2D eigenvalue weighted by atomic mass is 10.2. The Labute approximate surface area is 165 Å². The maximum Gasteiger partial charge on any atom is 0.251 e. The zero-order chi connectivity index (χ0) is 20.4. The number of carbonyl (C=O) groups excluding carboxylic acids is 1. The smallest absolute Gasteiger partial charge is 0.251 e. The van der Waals surface area contributed by atoms with E-state index in [-0.39, 0.29) is 23.9 Å². The summed E-state index contributed by atoms with van der Waals surface area (Å²) in [5.74, 6) is 2.37. The van der Waals surface area contributed by atoms with Crippen molar-refractivity contribution in [2.24, 2.45) is 0 Å². The average Bonchev–Trinajstić information content (AvgIpc) is 2.71. The van der Waals surface area contributed by atoms with Crippen molar-refractivity contribution in [3.63, 3.8) is 0 Å². The summed E-state index contributed by atoms with van der Waals surface area (Å²) >= 11 is 0. The number of carbonyl (C=O) groups is 1. The Bertz CT molecular complexity index is 935. The molecule has 0 saturated carbocycles. The first-order valence-electron chi connectivity index (χ1n) is 8.86. The van der Waals surface area contributed by atoms with Crippen LogP contribution in [0.15, 0.2) is 47.5 Å². The molecule has 0 aliphatic heterocycles. The fraction of sp³-hybridized carbons (Fsp3) is 0.300. The first kappa shape index (κ1) is 21.4. The summed E-state index contributed by atoms with van der Waals surface area (Å²) in [6.45, 7) is 2.79. The maximum atomic E-state index is 12.4. The van der Waals surface area contributed by atoms with E-state index >= 15 is 0 Å². The molecule has 0 saturated heterocycles. The van der Waals surface area contributed by atoms with E-state index in [0.717, 1.165) is 18.4 Å². The van der Waals surface area contributed by atoms with E-state index in [4.69, 9.17) is 11.2 Å². The van der Waals surface area contributed by atoms with Gasteiger partial charge in [0.1, 0.15) is 0 Å². The van der Waals surface area contributed by atoms with Gasteiger partial charge >= 0.3 is 0 Å². The van der Waals surface area contributed by atoms with Crippen molar-refractivity contribution in [2.75, 3.05) is 13.2 Å². The van der Waals surface area contributed by atoms with Gasteiger partial charge in [0.15, 0.2) is 0 Å². The molecule has 1 aromatic heterocycles. The molecule has 1 amide bonds. The zero-order valence-corrected chi connectivity index (χ0v) is 16.5. The Balaban J connectivity index is 2.00. The van der Waals surface area contributed by atoms with Gasteiger partial charge in [-0.05, 0) is 36.8 Å². The molecule has 2 aromatic rings. The van der Waals surface area contributed by atoms with E-state index in [2.05, 4.69) is 27.9 Å². The lowest BCUT2D eigenvalue weighted by Gasteiger charge is -2.11. The van der Waals surface area contributed by atoms with E-state index in [0.29, 0.717) is 18.1 Å². The van der Waals surface area contributed by atoms with Gasteiger partial charge in [0.2, 0.25) is 15.9 Å². The number of terminal acetylenes is 1. The largest absolute Gasteiger partial charge is 0.477 e. The van der Waals surface area contributed by atoms with Crippen LogP contribution in [0.2, 0.25) is 0 Å². The highest BCUT2D eigenvalue weighted by Gasteiger charge is 2.14. The first-order chi connectivity index (χ1) is 13.5. The molecule has 0 spiro atoms. The predicted molar refractivity (Wildman–Crippen MR) is 106 cm³/mol. The molecule has 0 bridgehead atoms. The zero-order valence-electron chi connectivity index (χ0n) is 15.6. The van der Waals surface area contributed by atoms with Crippen molar-refractivity contribution in [3.05, 3.63) is 53.7 Å². The lowest BCUT2D eigenvalue weighted by Crippen LogP contribution is -2.25. The van der Waals surface area contributed by atoms with Crippen LogP contribution in [0, 0.1) is 12.3 Å². The van der Waals surface area contributed by atoms with Gasteiger partial charge in [0, 0.05) is 23.9 Å². The lowest BCUT2D eigenvalue weighted by molar-refractivity contribution is 0.0950. The molecule has 1 heterocycles. The summed E-state index contributed by atoms with van der Waals surface area (Å²) in [6.07, 6.45) is 8.64. The third-order valence-corrected chi connectivity index (χ3v) is 5.23. The first-order valence-corrected chi connectivity index (χ1v) is 10.3. The van der Waals surface area contributed by atoms with Gasteiger partial charge in [-0.15, -0.1) is 6.42 Å². The number of benzene rings is 1. The molecule has 148 valence electrons. The number of pyridine rings is 1. The van der Waals surface area contributed by atoms with Crippen molar-refractivity contribution in [2.45, 2.75) is 31.2 Å². The number of nitrogens with one attached hydrogen (secondary N) is 2. The number of hydrogen-bond donors (Lipinski definition) is 2. The number of sulfonamides is 1. The van der Waals surface area contributed by atoms with Gasteiger partial charge in [-0.3, -0.25) is 4.79 Å². The second-order valence-corrected chi connectivity index (χ2v) is 7.67. The average molecular weight is 401 g/mol. The molecule has 0 aliphatic rings. The summed E-state index contributed by atoms with van der Waals surface area (Å²) in [5.41, 5.74) is 1.11. The Morgan fingerprint density at radius 2 is 2.00 bits per heavy atom. The number of rotatable bonds is 10. The van der Waals surface area contributed by atoms with Crippen molar-refractivity contribution in [1.29, 1.82) is 0 Å². The summed E-state index contributed by atoms with van der Waals surface area (Å²) in [4.78, 5) is 16.6. The number of unbranched alkanes of at least 4 members (excludes halogenated alkanes) is 1. The van der Waals surface area contributed by atoms with Crippen LogP contribution in [0.3, 0.4) is 0 Å². The highest BCUT2D eigenvalue weighted by atomic mass is 32.2. The van der Waals surface area contributed by atoms with Crippen LogP contribution in [0.25, 0.3) is 0 Å². The van der Waals surface area contributed by atoms with Crippen molar-refractivity contribution in [3.8, 4) is 18.2 Å². The summed E-state index contributed by atoms with van der Waals surface area (Å²) in [5, 5.41) is 2.79. The summed E-state index contributed by atoms with van der Waals surface area (Å²) < 4.78 is 31.9. The third-order valence-electron chi connectivity index (χ3n) is 3.82. The molecule has 0 atom stereocenters. The van der Waals surface area contributed by atoms with Gasteiger partial charge in [-0.2, -0.15) is 4.72 Å². The Morgan fingerprint density at radius 1 is 1.25 bits per heavy atom. The molecule has 2 N–H and O–H groups in total. The van der Waals surface area contributed by atoms with Gasteiger partial charge in [0.25, 0.3) is 5.91 Å². The molecule has 1 aromatic carbocycles. The summed E-state index contributed by atoms with van der Waals surface area (Å²) in [6, 6.07) is 9.22. The van der Waals surface area contributed by atoms with Gasteiger partial charge in [-0.1, -0.05) is 25.3 Å². The van der Waals surface area contributed by atoms with Crippen LogP contribution in [0.1, 0.15) is 35.7 Å². The second-order valence-electron chi connectivity index (χ2n) is 5.91. The molecular weight excluding hydrogens is 378 g/mol. The Morgan fingerprint density at radius 3 is 2.68 bits per heavy atom. The topological polar surface area (TPSA) is 97.4 Å². The molecule has 0 unspecified atom stereocenters. The van der Waals surface area contributed by atoms with E-state index < -0.39 is 10.0 Å². The van der Waals surface area contributed by atoms with E-state index in [1.54, 1.807) is 12.3 Å². The van der Waals surface area contributed by atoms with Crippen molar-refractivity contribution in [1.82, 2.24) is 15.0 Å². The van der Waals surface area contributed by atoms with Crippen molar-refractivity contribution >= 4 is 15.9 Å². The minimum Gasteiger partial charge on any atom is -0.477 e. The number of hydrogen-bond acceptors (Lipinski definition) is 5. The van der Waals surface area contributed by atoms with Crippen LogP contribution in [0.5, 0.6) is 5.88 Å². The van der Waals surface area contributed by atoms with Crippen LogP contribution >= 0.6 is 0 Å². The standard InChI is InChI=1S/C20H23N3O4S/c1-3-5-14-27-20-17(7-6-13-21-20)15-22-19(24)16-8-10-18(11-9-16)28(25,26)23-12-4-2/h2,6-11,13,23H,3,5,12,14-15H2,1H3,(H,22,24). The van der Waals surface area contributed by atoms with Gasteiger partial charge in [0.05, 0.1) is 18.0 Å². The highest BCUT2D eigenvalue weighted by Crippen LogP contribution is 2.15. The SMILES string of the molecule is C#CCNS(=O)(=O)c1ccc(C(=O)NCc2cccnc2OCCCC)cc1. The van der Waals surface area contributed by atoms with Gasteiger partial charge in [-0.25, -0.2) is 13.4 Å². The third kappa shape index (κ3) is 6.08. The molecule has 8 heteroatoms. The quantitative estimate of drug-likeness (QED) is 0.469. The number of aromatic nitrogens is 1. The predicted octanol–water partition coefficient (Wildman–Crippen LogP) is 2.10. The minimum atomic E-state index is -3.69. The van der Waals surface area contributed by atoms with E-state index in [1.807, 2.05) is 6.07 Å². The van der Waals surface area contributed by atoms with Crippen molar-refractivity contribution < 1.29 is 17.9 Å². The Hall–Kier alpha value is -2.89. The fourth-order valence-corrected chi connectivity index (χ4v) is 3.22. The van der Waals surface area contributed by atoms with Crippen LogP contribution < -0.4 is 14.8 Å². The van der Waals surface area contributed by atoms with Crippen LogP contribution in [0.4, 0.5) is 0 Å². The van der Waals surface area contributed by atoms with E-state index in [1.165, 1.54) is 24.3 Å². The Kier molecular flexibility index (Phi) is 7.99. The van der Waals surface area contributed by atoms with Crippen LogP contribution in [-0.4, -0.2) is 32.5 Å². The fourth-order valence-electron chi connectivity index (χ4n) is 2.28. The molecule has 2 rings (SSSR count). The van der Waals surface area contributed by atoms with E-state index in [9.17, 15) is 13.2 Å². The highest BCUT2D eigenvalue weighted by molar-refractivity contribution is 7.89. The number of ether oxygens (including phenoxy) is 1. The normalized spacial score (nSPS) is 10.9. The second kappa shape index (κ2) is 10.4. The van der Waals surface area contributed by atoms with Crippen LogP contribution in [-0.2, 0) is 16.6 Å². The summed E-state index contributed by atoms with van der Waals surface area (Å²) in [7, 11) is -3.69. The molecule has 28 heavy (non-hydrogen) atoms. The minimum absolute atomic E-state index is 0.0400. The maximum absolute atomic E-state index is 12.4. The molecule has 0 fully saturated rings. The molecular formula is C20H23N3O4S.